The number of carbonyl (C=O) groups excluding carboxylic acids is 1. The molecule has 0 saturated carbocycles. The standard InChI is InChI=1S/C26H21ClN2O4/c1-3-32-18-8-6-17(7-9-18)23-22-24(30)19-12-20(27)15(2)11-21(19)33-25(22)26(31)29(23)14-16-5-4-10-28-13-16/h4-13,23H,3,14H2,1-2H3/t23-/m0/s1. The first kappa shape index (κ1) is 21.2. The van der Waals surface area contributed by atoms with Gasteiger partial charge in [-0.25, -0.2) is 0 Å². The third kappa shape index (κ3) is 3.66. The van der Waals surface area contributed by atoms with Gasteiger partial charge in [0.05, 0.1) is 23.6 Å². The van der Waals surface area contributed by atoms with Crippen LogP contribution in [0.15, 0.2) is 70.1 Å². The van der Waals surface area contributed by atoms with Crippen LogP contribution in [0.4, 0.5) is 0 Å². The second-order valence-electron chi connectivity index (χ2n) is 7.97. The zero-order valence-corrected chi connectivity index (χ0v) is 18.9. The third-order valence-electron chi connectivity index (χ3n) is 5.83. The maximum atomic E-state index is 13.6. The van der Waals surface area contributed by atoms with Gasteiger partial charge in [0.25, 0.3) is 5.91 Å². The number of nitrogens with zero attached hydrogens (tertiary/aromatic N) is 2. The van der Waals surface area contributed by atoms with Crippen LogP contribution in [0.2, 0.25) is 5.02 Å². The van der Waals surface area contributed by atoms with Gasteiger partial charge in [0, 0.05) is 24.0 Å². The zero-order valence-electron chi connectivity index (χ0n) is 18.2. The van der Waals surface area contributed by atoms with E-state index < -0.39 is 6.04 Å². The van der Waals surface area contributed by atoms with Crippen LogP contribution >= 0.6 is 11.6 Å². The number of benzene rings is 2. The number of aromatic nitrogens is 1. The Balaban J connectivity index is 1.70. The molecule has 6 nitrogen and oxygen atoms in total. The van der Waals surface area contributed by atoms with E-state index in [0.29, 0.717) is 28.2 Å². The van der Waals surface area contributed by atoms with Crippen molar-refractivity contribution >= 4 is 28.5 Å². The van der Waals surface area contributed by atoms with Crippen LogP contribution in [0.1, 0.15) is 45.8 Å². The molecule has 3 heterocycles. The van der Waals surface area contributed by atoms with Crippen molar-refractivity contribution in [3.8, 4) is 5.75 Å². The van der Waals surface area contributed by atoms with Gasteiger partial charge in [-0.15, -0.1) is 0 Å². The molecule has 2 aromatic heterocycles. The number of aryl methyl sites for hydroxylation is 1. The summed E-state index contributed by atoms with van der Waals surface area (Å²) in [4.78, 5) is 33.0. The van der Waals surface area contributed by atoms with E-state index in [0.717, 1.165) is 22.4 Å². The minimum atomic E-state index is -0.607. The highest BCUT2D eigenvalue weighted by molar-refractivity contribution is 6.32. The summed E-state index contributed by atoms with van der Waals surface area (Å²) < 4.78 is 11.6. The molecule has 0 N–H and O–H groups in total. The van der Waals surface area contributed by atoms with Gasteiger partial charge < -0.3 is 14.1 Å². The summed E-state index contributed by atoms with van der Waals surface area (Å²) in [6, 6.07) is 13.8. The quantitative estimate of drug-likeness (QED) is 0.404. The summed E-state index contributed by atoms with van der Waals surface area (Å²) in [5.41, 5.74) is 2.83. The molecule has 0 saturated heterocycles. The van der Waals surface area contributed by atoms with Crippen molar-refractivity contribution in [2.24, 2.45) is 0 Å². The van der Waals surface area contributed by atoms with Gasteiger partial charge in [-0.3, -0.25) is 14.6 Å². The lowest BCUT2D eigenvalue weighted by molar-refractivity contribution is 0.0714. The minimum absolute atomic E-state index is 0.0667. The highest BCUT2D eigenvalue weighted by atomic mass is 35.5. The molecule has 0 bridgehead atoms. The van der Waals surface area contributed by atoms with Crippen molar-refractivity contribution in [2.45, 2.75) is 26.4 Å². The number of carbonyl (C=O) groups is 1. The number of amides is 1. The van der Waals surface area contributed by atoms with Crippen molar-refractivity contribution in [3.63, 3.8) is 0 Å². The van der Waals surface area contributed by atoms with Crippen LogP contribution in [-0.2, 0) is 6.54 Å². The summed E-state index contributed by atoms with van der Waals surface area (Å²) in [7, 11) is 0. The summed E-state index contributed by atoms with van der Waals surface area (Å²) in [5, 5.41) is 0.834. The Morgan fingerprint density at radius 1 is 1.15 bits per heavy atom. The van der Waals surface area contributed by atoms with Crippen molar-refractivity contribution in [1.29, 1.82) is 0 Å². The fourth-order valence-electron chi connectivity index (χ4n) is 4.25. The molecule has 1 atom stereocenters. The molecular formula is C26H21ClN2O4. The Morgan fingerprint density at radius 2 is 1.94 bits per heavy atom. The average Bonchev–Trinajstić information content (AvgIpc) is 3.09. The van der Waals surface area contributed by atoms with Gasteiger partial charge in [0.1, 0.15) is 11.3 Å². The number of halogens is 1. The monoisotopic (exact) mass is 460 g/mol. The molecule has 0 radical (unpaired) electrons. The second-order valence-corrected chi connectivity index (χ2v) is 8.38. The summed E-state index contributed by atoms with van der Waals surface area (Å²) in [5.74, 6) is 0.453. The van der Waals surface area contributed by atoms with E-state index >= 15 is 0 Å². The van der Waals surface area contributed by atoms with E-state index in [9.17, 15) is 9.59 Å². The lowest BCUT2D eigenvalue weighted by Crippen LogP contribution is -2.29. The topological polar surface area (TPSA) is 72.6 Å². The molecule has 33 heavy (non-hydrogen) atoms. The first-order chi connectivity index (χ1) is 16.0. The Kier molecular flexibility index (Phi) is 5.38. The number of rotatable bonds is 5. The van der Waals surface area contributed by atoms with Gasteiger partial charge in [-0.05, 0) is 60.9 Å². The van der Waals surface area contributed by atoms with Gasteiger partial charge in [0.15, 0.2) is 5.43 Å². The van der Waals surface area contributed by atoms with E-state index in [1.165, 1.54) is 0 Å². The number of hydrogen-bond acceptors (Lipinski definition) is 5. The van der Waals surface area contributed by atoms with Crippen LogP contribution in [0.3, 0.4) is 0 Å². The predicted octanol–water partition coefficient (Wildman–Crippen LogP) is 5.29. The fourth-order valence-corrected chi connectivity index (χ4v) is 4.42. The van der Waals surface area contributed by atoms with E-state index in [2.05, 4.69) is 4.98 Å². The lowest BCUT2D eigenvalue weighted by atomic mass is 9.98. The number of hydrogen-bond donors (Lipinski definition) is 0. The molecule has 1 amide bonds. The Morgan fingerprint density at radius 3 is 2.64 bits per heavy atom. The largest absolute Gasteiger partial charge is 0.494 e. The minimum Gasteiger partial charge on any atom is -0.494 e. The zero-order chi connectivity index (χ0) is 23.1. The molecule has 0 unspecified atom stereocenters. The lowest BCUT2D eigenvalue weighted by Gasteiger charge is -2.25. The van der Waals surface area contributed by atoms with Gasteiger partial charge in [0.2, 0.25) is 5.76 Å². The van der Waals surface area contributed by atoms with Crippen LogP contribution in [0.5, 0.6) is 5.75 Å². The van der Waals surface area contributed by atoms with Crippen LogP contribution in [0, 0.1) is 6.92 Å². The normalized spacial score (nSPS) is 15.2. The molecule has 7 heteroatoms. The Hall–Kier alpha value is -3.64. The highest BCUT2D eigenvalue weighted by Gasteiger charge is 2.42. The second kappa shape index (κ2) is 8.37. The molecule has 0 aliphatic carbocycles. The summed E-state index contributed by atoms with van der Waals surface area (Å²) in [6.45, 7) is 4.57. The average molecular weight is 461 g/mol. The van der Waals surface area contributed by atoms with Crippen molar-refractivity contribution in [2.75, 3.05) is 6.61 Å². The van der Waals surface area contributed by atoms with E-state index in [1.54, 1.807) is 29.4 Å². The van der Waals surface area contributed by atoms with Crippen molar-refractivity contribution in [1.82, 2.24) is 9.88 Å². The van der Waals surface area contributed by atoms with Crippen LogP contribution < -0.4 is 10.2 Å². The maximum Gasteiger partial charge on any atom is 0.291 e. The molecule has 0 fully saturated rings. The maximum absolute atomic E-state index is 13.6. The summed E-state index contributed by atoms with van der Waals surface area (Å²) >= 11 is 6.30. The van der Waals surface area contributed by atoms with Crippen molar-refractivity contribution in [3.05, 3.63) is 104 Å². The Labute approximate surface area is 195 Å². The van der Waals surface area contributed by atoms with Crippen LogP contribution in [-0.4, -0.2) is 22.4 Å². The third-order valence-corrected chi connectivity index (χ3v) is 6.24. The first-order valence-electron chi connectivity index (χ1n) is 10.7. The molecule has 1 aliphatic heterocycles. The molecule has 1 aliphatic rings. The Bertz CT molecular complexity index is 1410. The molecular weight excluding hydrogens is 440 g/mol. The molecule has 5 rings (SSSR count). The van der Waals surface area contributed by atoms with Gasteiger partial charge in [-0.1, -0.05) is 29.8 Å². The molecule has 4 aromatic rings. The number of fused-ring (bicyclic) bond motifs is 2. The predicted molar refractivity (Wildman–Crippen MR) is 126 cm³/mol. The first-order valence-corrected chi connectivity index (χ1v) is 11.0. The van der Waals surface area contributed by atoms with E-state index in [-0.39, 0.29) is 23.6 Å². The SMILES string of the molecule is CCOc1ccc([C@H]2c3c(oc4cc(C)c(Cl)cc4c3=O)C(=O)N2Cc2cccnc2)cc1. The molecule has 166 valence electrons. The molecule has 0 spiro atoms. The van der Waals surface area contributed by atoms with Gasteiger partial charge >= 0.3 is 0 Å². The van der Waals surface area contributed by atoms with E-state index in [4.69, 9.17) is 20.8 Å². The highest BCUT2D eigenvalue weighted by Crippen LogP contribution is 2.40. The fraction of sp³-hybridized carbons (Fsp3) is 0.192. The van der Waals surface area contributed by atoms with E-state index in [1.807, 2.05) is 50.2 Å². The number of pyridine rings is 1. The summed E-state index contributed by atoms with van der Waals surface area (Å²) in [6.07, 6.45) is 3.39. The molecule has 2 aromatic carbocycles. The smallest absolute Gasteiger partial charge is 0.291 e. The number of ether oxygens (including phenoxy) is 1. The van der Waals surface area contributed by atoms with Crippen LogP contribution in [0.25, 0.3) is 11.0 Å². The van der Waals surface area contributed by atoms with Gasteiger partial charge in [-0.2, -0.15) is 0 Å². The van der Waals surface area contributed by atoms with Crippen molar-refractivity contribution < 1.29 is 13.9 Å².